The van der Waals surface area contributed by atoms with Gasteiger partial charge in [-0.1, -0.05) is 26.8 Å². The van der Waals surface area contributed by atoms with Gasteiger partial charge in [0.1, 0.15) is 5.82 Å². The molecule has 2 N–H and O–H groups in total. The largest absolute Gasteiger partial charge is 0.324 e. The van der Waals surface area contributed by atoms with E-state index in [1.54, 1.807) is 6.07 Å². The molecular weight excluding hydrogens is 201 g/mol. The Hall–Kier alpha value is -0.890. The zero-order chi connectivity index (χ0) is 12.5. The average molecular weight is 223 g/mol. The van der Waals surface area contributed by atoms with Crippen LogP contribution in [0, 0.1) is 31.5 Å². The Bertz CT molecular complexity index is 348. The van der Waals surface area contributed by atoms with Crippen LogP contribution in [0.5, 0.6) is 0 Å². The summed E-state index contributed by atoms with van der Waals surface area (Å²) in [7, 11) is 0. The van der Waals surface area contributed by atoms with Crippen LogP contribution in [0.4, 0.5) is 4.39 Å². The van der Waals surface area contributed by atoms with Crippen molar-refractivity contribution in [1.29, 1.82) is 0 Å². The first kappa shape index (κ1) is 13.2. The number of benzene rings is 1. The summed E-state index contributed by atoms with van der Waals surface area (Å²) in [5.41, 5.74) is 8.73. The normalized spacial score (nSPS) is 15.2. The minimum Gasteiger partial charge on any atom is -0.324 e. The number of aryl methyl sites for hydroxylation is 2. The molecule has 1 aromatic carbocycles. The molecule has 0 spiro atoms. The van der Waals surface area contributed by atoms with Crippen molar-refractivity contribution in [2.45, 2.75) is 40.7 Å². The van der Waals surface area contributed by atoms with Crippen LogP contribution < -0.4 is 5.73 Å². The first-order valence-corrected chi connectivity index (χ1v) is 5.86. The topological polar surface area (TPSA) is 26.0 Å². The monoisotopic (exact) mass is 223 g/mol. The van der Waals surface area contributed by atoms with E-state index in [-0.39, 0.29) is 17.8 Å². The van der Waals surface area contributed by atoms with Gasteiger partial charge in [-0.25, -0.2) is 4.39 Å². The van der Waals surface area contributed by atoms with Gasteiger partial charge < -0.3 is 5.73 Å². The summed E-state index contributed by atoms with van der Waals surface area (Å²) in [6.45, 7) is 10.1. The van der Waals surface area contributed by atoms with Gasteiger partial charge in [-0.15, -0.1) is 0 Å². The molecule has 2 unspecified atom stereocenters. The molecule has 1 nitrogen and oxygen atoms in total. The summed E-state index contributed by atoms with van der Waals surface area (Å²) < 4.78 is 13.9. The third kappa shape index (κ3) is 2.62. The highest BCUT2D eigenvalue weighted by molar-refractivity contribution is 5.34. The van der Waals surface area contributed by atoms with Gasteiger partial charge in [0.2, 0.25) is 0 Å². The first-order chi connectivity index (χ1) is 7.34. The zero-order valence-corrected chi connectivity index (χ0v) is 10.8. The average Bonchev–Trinajstić information content (AvgIpc) is 2.14. The number of hydrogen-bond acceptors (Lipinski definition) is 1. The molecule has 0 amide bonds. The molecule has 0 aromatic heterocycles. The SMILES string of the molecule is Cc1cc(C)c(C(N)C(C)C(C)C)c(F)c1. The van der Waals surface area contributed by atoms with Crippen LogP contribution in [-0.2, 0) is 0 Å². The molecule has 0 heterocycles. The lowest BCUT2D eigenvalue weighted by Gasteiger charge is -2.25. The van der Waals surface area contributed by atoms with Gasteiger partial charge in [-0.3, -0.25) is 0 Å². The minimum absolute atomic E-state index is 0.169. The molecule has 0 fully saturated rings. The van der Waals surface area contributed by atoms with Gasteiger partial charge in [-0.2, -0.15) is 0 Å². The van der Waals surface area contributed by atoms with Crippen molar-refractivity contribution in [3.05, 3.63) is 34.6 Å². The number of rotatable bonds is 3. The summed E-state index contributed by atoms with van der Waals surface area (Å²) in [6, 6.07) is 3.33. The van der Waals surface area contributed by atoms with E-state index < -0.39 is 0 Å². The molecule has 0 aliphatic carbocycles. The summed E-state index contributed by atoms with van der Waals surface area (Å²) in [6.07, 6.45) is 0. The molecular formula is C14H22FN. The Kier molecular flexibility index (Phi) is 4.09. The van der Waals surface area contributed by atoms with Crippen LogP contribution in [0.3, 0.4) is 0 Å². The molecule has 0 saturated heterocycles. The van der Waals surface area contributed by atoms with Crippen LogP contribution in [-0.4, -0.2) is 0 Å². The molecule has 0 saturated carbocycles. The highest BCUT2D eigenvalue weighted by atomic mass is 19.1. The van der Waals surface area contributed by atoms with Crippen LogP contribution >= 0.6 is 0 Å². The zero-order valence-electron chi connectivity index (χ0n) is 10.8. The van der Waals surface area contributed by atoms with E-state index in [9.17, 15) is 4.39 Å². The molecule has 0 bridgehead atoms. The second-order valence-electron chi connectivity index (χ2n) is 5.11. The van der Waals surface area contributed by atoms with Crippen molar-refractivity contribution in [3.8, 4) is 0 Å². The Morgan fingerprint density at radius 3 is 2.12 bits per heavy atom. The van der Waals surface area contributed by atoms with Crippen molar-refractivity contribution in [2.75, 3.05) is 0 Å². The maximum Gasteiger partial charge on any atom is 0.128 e. The predicted molar refractivity (Wildman–Crippen MR) is 66.8 cm³/mol. The summed E-state index contributed by atoms with van der Waals surface area (Å²) in [5.74, 6) is 0.559. The van der Waals surface area contributed by atoms with E-state index >= 15 is 0 Å². The maximum atomic E-state index is 13.9. The van der Waals surface area contributed by atoms with E-state index in [2.05, 4.69) is 20.8 Å². The molecule has 16 heavy (non-hydrogen) atoms. The van der Waals surface area contributed by atoms with Crippen LogP contribution in [0.2, 0.25) is 0 Å². The molecule has 1 rings (SSSR count). The van der Waals surface area contributed by atoms with Crippen molar-refractivity contribution >= 4 is 0 Å². The highest BCUT2D eigenvalue weighted by Gasteiger charge is 2.22. The van der Waals surface area contributed by atoms with E-state index in [0.717, 1.165) is 11.1 Å². The first-order valence-electron chi connectivity index (χ1n) is 5.86. The van der Waals surface area contributed by atoms with E-state index in [1.807, 2.05) is 19.9 Å². The number of nitrogens with two attached hydrogens (primary N) is 1. The Labute approximate surface area is 97.9 Å². The molecule has 1 aromatic rings. The van der Waals surface area contributed by atoms with Crippen molar-refractivity contribution in [3.63, 3.8) is 0 Å². The molecule has 2 atom stereocenters. The second-order valence-corrected chi connectivity index (χ2v) is 5.11. The second kappa shape index (κ2) is 4.96. The Morgan fingerprint density at radius 2 is 1.69 bits per heavy atom. The molecule has 0 aliphatic heterocycles. The third-order valence-electron chi connectivity index (χ3n) is 3.43. The van der Waals surface area contributed by atoms with Crippen LogP contribution in [0.25, 0.3) is 0 Å². The summed E-state index contributed by atoms with van der Waals surface area (Å²) in [4.78, 5) is 0. The molecule has 90 valence electrons. The van der Waals surface area contributed by atoms with Gasteiger partial charge in [-0.05, 0) is 42.9 Å². The standard InChI is InChI=1S/C14H22FN/c1-8(2)11(5)14(16)13-10(4)6-9(3)7-12(13)15/h6-8,11,14H,16H2,1-5H3. The minimum atomic E-state index is -0.222. The molecule has 0 radical (unpaired) electrons. The van der Waals surface area contributed by atoms with Crippen molar-refractivity contribution in [2.24, 2.45) is 17.6 Å². The quantitative estimate of drug-likeness (QED) is 0.830. The van der Waals surface area contributed by atoms with Crippen LogP contribution in [0.1, 0.15) is 43.5 Å². The van der Waals surface area contributed by atoms with E-state index in [4.69, 9.17) is 5.73 Å². The van der Waals surface area contributed by atoms with Crippen molar-refractivity contribution in [1.82, 2.24) is 0 Å². The van der Waals surface area contributed by atoms with Gasteiger partial charge in [0.15, 0.2) is 0 Å². The summed E-state index contributed by atoms with van der Waals surface area (Å²) >= 11 is 0. The lowest BCUT2D eigenvalue weighted by Crippen LogP contribution is -2.25. The number of hydrogen-bond donors (Lipinski definition) is 1. The van der Waals surface area contributed by atoms with Gasteiger partial charge in [0.25, 0.3) is 0 Å². The van der Waals surface area contributed by atoms with Gasteiger partial charge in [0.05, 0.1) is 0 Å². The molecule has 2 heteroatoms. The van der Waals surface area contributed by atoms with Gasteiger partial charge in [0, 0.05) is 11.6 Å². The fourth-order valence-corrected chi connectivity index (χ4v) is 2.03. The summed E-state index contributed by atoms with van der Waals surface area (Å²) in [5, 5.41) is 0. The van der Waals surface area contributed by atoms with Gasteiger partial charge >= 0.3 is 0 Å². The van der Waals surface area contributed by atoms with Crippen molar-refractivity contribution < 1.29 is 4.39 Å². The fraction of sp³-hybridized carbons (Fsp3) is 0.571. The highest BCUT2D eigenvalue weighted by Crippen LogP contribution is 2.30. The lowest BCUT2D eigenvalue weighted by molar-refractivity contribution is 0.344. The van der Waals surface area contributed by atoms with E-state index in [0.29, 0.717) is 11.5 Å². The van der Waals surface area contributed by atoms with E-state index in [1.165, 1.54) is 0 Å². The molecule has 0 aliphatic rings. The fourth-order valence-electron chi connectivity index (χ4n) is 2.03. The lowest BCUT2D eigenvalue weighted by atomic mass is 9.84. The van der Waals surface area contributed by atoms with Crippen LogP contribution in [0.15, 0.2) is 12.1 Å². The maximum absolute atomic E-state index is 13.9. The number of halogens is 1. The Balaban J connectivity index is 3.13. The Morgan fingerprint density at radius 1 is 1.12 bits per heavy atom. The smallest absolute Gasteiger partial charge is 0.128 e. The predicted octanol–water partition coefficient (Wildman–Crippen LogP) is 3.73. The third-order valence-corrected chi connectivity index (χ3v) is 3.43.